The summed E-state index contributed by atoms with van der Waals surface area (Å²) in [4.78, 5) is 35.8. The van der Waals surface area contributed by atoms with Crippen molar-refractivity contribution >= 4 is 29.1 Å². The Bertz CT molecular complexity index is 851. The summed E-state index contributed by atoms with van der Waals surface area (Å²) in [6.07, 6.45) is 0. The minimum atomic E-state index is -0.913. The number of hydrogen-bond donors (Lipinski definition) is 3. The minimum absolute atomic E-state index is 0.375. The fourth-order valence-corrected chi connectivity index (χ4v) is 2.26. The van der Waals surface area contributed by atoms with E-state index in [0.717, 1.165) is 5.56 Å². The Hall–Kier alpha value is -3.55. The fraction of sp³-hybridized carbons (Fsp3) is 0.211. The van der Waals surface area contributed by atoms with Crippen LogP contribution in [0.15, 0.2) is 42.5 Å². The molecular formula is C19H21N3O5. The molecule has 2 rings (SSSR count). The van der Waals surface area contributed by atoms with Gasteiger partial charge in [-0.1, -0.05) is 12.1 Å². The van der Waals surface area contributed by atoms with Gasteiger partial charge >= 0.3 is 11.8 Å². The number of carbonyl (C=O) groups excluding carboxylic acids is 3. The lowest BCUT2D eigenvalue weighted by Crippen LogP contribution is -2.39. The van der Waals surface area contributed by atoms with Crippen LogP contribution in [0.25, 0.3) is 0 Å². The molecule has 0 heterocycles. The maximum atomic E-state index is 12.1. The molecule has 8 heteroatoms. The first-order chi connectivity index (χ1) is 12.9. The van der Waals surface area contributed by atoms with Crippen molar-refractivity contribution in [3.05, 3.63) is 48.0 Å². The Morgan fingerprint density at radius 3 is 2.37 bits per heavy atom. The second-order valence-corrected chi connectivity index (χ2v) is 5.62. The summed E-state index contributed by atoms with van der Waals surface area (Å²) in [6, 6.07) is 11.9. The highest BCUT2D eigenvalue weighted by molar-refractivity contribution is 6.39. The molecule has 0 saturated carbocycles. The number of rotatable bonds is 6. The molecule has 0 aromatic heterocycles. The molecule has 0 aliphatic carbocycles. The van der Waals surface area contributed by atoms with Crippen LogP contribution in [0.5, 0.6) is 11.5 Å². The van der Waals surface area contributed by atoms with Crippen molar-refractivity contribution in [3.8, 4) is 11.5 Å². The quantitative estimate of drug-likeness (QED) is 0.671. The Morgan fingerprint density at radius 2 is 1.70 bits per heavy atom. The van der Waals surface area contributed by atoms with Gasteiger partial charge in [-0.25, -0.2) is 0 Å². The molecule has 0 unspecified atom stereocenters. The van der Waals surface area contributed by atoms with Crippen LogP contribution in [-0.4, -0.2) is 38.5 Å². The van der Waals surface area contributed by atoms with Crippen LogP contribution in [-0.2, 0) is 14.4 Å². The van der Waals surface area contributed by atoms with Gasteiger partial charge in [0.2, 0.25) is 5.91 Å². The van der Waals surface area contributed by atoms with Crippen LogP contribution in [0.4, 0.5) is 11.4 Å². The zero-order valence-electron chi connectivity index (χ0n) is 15.3. The standard InChI is InChI=1S/C19H21N3O5/c1-12-5-4-6-13(9-12)21-19(25)18(24)20-11-17(23)22-15-10-14(26-2)7-8-16(15)27-3/h4-10H,11H2,1-3H3,(H,20,24)(H,21,25)(H,22,23). The van der Waals surface area contributed by atoms with Crippen LogP contribution >= 0.6 is 0 Å². The number of anilines is 2. The first-order valence-electron chi connectivity index (χ1n) is 8.10. The molecule has 27 heavy (non-hydrogen) atoms. The summed E-state index contributed by atoms with van der Waals surface area (Å²) in [5.74, 6) is -1.31. The van der Waals surface area contributed by atoms with Gasteiger partial charge in [0, 0.05) is 11.8 Å². The maximum absolute atomic E-state index is 12.1. The predicted octanol–water partition coefficient (Wildman–Crippen LogP) is 1.71. The van der Waals surface area contributed by atoms with Crippen LogP contribution in [0.2, 0.25) is 0 Å². The van der Waals surface area contributed by atoms with E-state index in [2.05, 4.69) is 16.0 Å². The number of carbonyl (C=O) groups is 3. The van der Waals surface area contributed by atoms with Crippen molar-refractivity contribution < 1.29 is 23.9 Å². The minimum Gasteiger partial charge on any atom is -0.497 e. The lowest BCUT2D eigenvalue weighted by Gasteiger charge is -2.12. The third-order valence-electron chi connectivity index (χ3n) is 3.57. The Kier molecular flexibility index (Phi) is 6.76. The zero-order valence-corrected chi connectivity index (χ0v) is 15.3. The molecule has 0 fully saturated rings. The van der Waals surface area contributed by atoms with E-state index in [1.165, 1.54) is 14.2 Å². The van der Waals surface area contributed by atoms with E-state index in [-0.39, 0.29) is 6.54 Å². The van der Waals surface area contributed by atoms with Crippen LogP contribution < -0.4 is 25.4 Å². The van der Waals surface area contributed by atoms with Gasteiger partial charge in [-0.2, -0.15) is 0 Å². The maximum Gasteiger partial charge on any atom is 0.313 e. The average molecular weight is 371 g/mol. The molecule has 0 spiro atoms. The smallest absolute Gasteiger partial charge is 0.313 e. The van der Waals surface area contributed by atoms with Crippen molar-refractivity contribution in [2.24, 2.45) is 0 Å². The Labute approximate surface area is 156 Å². The summed E-state index contributed by atoms with van der Waals surface area (Å²) in [7, 11) is 2.97. The van der Waals surface area contributed by atoms with Gasteiger partial charge in [-0.15, -0.1) is 0 Å². The summed E-state index contributed by atoms with van der Waals surface area (Å²) >= 11 is 0. The molecule has 3 N–H and O–H groups in total. The molecular weight excluding hydrogens is 350 g/mol. The van der Waals surface area contributed by atoms with Crippen molar-refractivity contribution in [1.82, 2.24) is 5.32 Å². The average Bonchev–Trinajstić information content (AvgIpc) is 2.66. The highest BCUT2D eigenvalue weighted by Crippen LogP contribution is 2.28. The van der Waals surface area contributed by atoms with Gasteiger partial charge in [0.15, 0.2) is 0 Å². The van der Waals surface area contributed by atoms with Crippen molar-refractivity contribution in [2.45, 2.75) is 6.92 Å². The fourth-order valence-electron chi connectivity index (χ4n) is 2.26. The third kappa shape index (κ3) is 5.74. The largest absolute Gasteiger partial charge is 0.497 e. The number of benzene rings is 2. The number of aryl methyl sites for hydroxylation is 1. The summed E-state index contributed by atoms with van der Waals surface area (Å²) in [6.45, 7) is 1.49. The van der Waals surface area contributed by atoms with E-state index in [1.54, 1.807) is 36.4 Å². The van der Waals surface area contributed by atoms with E-state index < -0.39 is 17.7 Å². The highest BCUT2D eigenvalue weighted by Gasteiger charge is 2.16. The number of hydrogen-bond acceptors (Lipinski definition) is 5. The van der Waals surface area contributed by atoms with Gasteiger partial charge < -0.3 is 25.4 Å². The normalized spacial score (nSPS) is 9.89. The Balaban J connectivity index is 1.89. The first kappa shape index (κ1) is 19.8. The molecule has 0 radical (unpaired) electrons. The lowest BCUT2D eigenvalue weighted by atomic mass is 10.2. The molecule has 0 aliphatic rings. The van der Waals surface area contributed by atoms with E-state index >= 15 is 0 Å². The molecule has 0 bridgehead atoms. The second kappa shape index (κ2) is 9.23. The van der Waals surface area contributed by atoms with Gasteiger partial charge in [0.05, 0.1) is 26.5 Å². The molecule has 0 aliphatic heterocycles. The van der Waals surface area contributed by atoms with Gasteiger partial charge in [-0.05, 0) is 36.8 Å². The molecule has 142 valence electrons. The number of ether oxygens (including phenoxy) is 2. The molecule has 3 amide bonds. The Morgan fingerprint density at radius 1 is 0.926 bits per heavy atom. The topological polar surface area (TPSA) is 106 Å². The molecule has 0 saturated heterocycles. The van der Waals surface area contributed by atoms with Crippen LogP contribution in [0.3, 0.4) is 0 Å². The predicted molar refractivity (Wildman–Crippen MR) is 101 cm³/mol. The van der Waals surface area contributed by atoms with Crippen molar-refractivity contribution in [3.63, 3.8) is 0 Å². The van der Waals surface area contributed by atoms with Crippen molar-refractivity contribution in [1.29, 1.82) is 0 Å². The van der Waals surface area contributed by atoms with E-state index in [1.807, 2.05) is 13.0 Å². The summed E-state index contributed by atoms with van der Waals surface area (Å²) in [5, 5.41) is 7.34. The van der Waals surface area contributed by atoms with Crippen LogP contribution in [0, 0.1) is 6.92 Å². The molecule has 0 atom stereocenters. The van der Waals surface area contributed by atoms with E-state index in [0.29, 0.717) is 22.9 Å². The van der Waals surface area contributed by atoms with Gasteiger partial charge in [0.1, 0.15) is 11.5 Å². The van der Waals surface area contributed by atoms with Gasteiger partial charge in [0.25, 0.3) is 0 Å². The molecule has 8 nitrogen and oxygen atoms in total. The third-order valence-corrected chi connectivity index (χ3v) is 3.57. The second-order valence-electron chi connectivity index (χ2n) is 5.62. The van der Waals surface area contributed by atoms with Crippen LogP contribution in [0.1, 0.15) is 5.56 Å². The first-order valence-corrected chi connectivity index (χ1v) is 8.10. The number of amides is 3. The number of methoxy groups -OCH3 is 2. The lowest BCUT2D eigenvalue weighted by molar-refractivity contribution is -0.136. The van der Waals surface area contributed by atoms with Crippen molar-refractivity contribution in [2.75, 3.05) is 31.4 Å². The van der Waals surface area contributed by atoms with Gasteiger partial charge in [-0.3, -0.25) is 14.4 Å². The number of nitrogens with one attached hydrogen (secondary N) is 3. The summed E-state index contributed by atoms with van der Waals surface area (Å²) in [5.41, 5.74) is 1.83. The monoisotopic (exact) mass is 371 g/mol. The molecule has 2 aromatic carbocycles. The SMILES string of the molecule is COc1ccc(OC)c(NC(=O)CNC(=O)C(=O)Nc2cccc(C)c2)c1. The molecule has 2 aromatic rings. The summed E-state index contributed by atoms with van der Waals surface area (Å²) < 4.78 is 10.3. The highest BCUT2D eigenvalue weighted by atomic mass is 16.5. The van der Waals surface area contributed by atoms with E-state index in [4.69, 9.17) is 9.47 Å². The zero-order chi connectivity index (χ0) is 19.8. The van der Waals surface area contributed by atoms with E-state index in [9.17, 15) is 14.4 Å².